The number of benzene rings is 2. The van der Waals surface area contributed by atoms with Crippen molar-refractivity contribution in [3.63, 3.8) is 0 Å². The van der Waals surface area contributed by atoms with Gasteiger partial charge in [0.1, 0.15) is 34.8 Å². The summed E-state index contributed by atoms with van der Waals surface area (Å²) in [6.07, 6.45) is 3.89. The summed E-state index contributed by atoms with van der Waals surface area (Å²) >= 11 is 0. The zero-order valence-electron chi connectivity index (χ0n) is 32.4. The van der Waals surface area contributed by atoms with E-state index < -0.39 is 12.1 Å². The van der Waals surface area contributed by atoms with Crippen LogP contribution in [0.3, 0.4) is 0 Å². The molecule has 4 rings (SSSR count). The minimum absolute atomic E-state index is 0.204. The molecule has 0 spiro atoms. The van der Waals surface area contributed by atoms with Crippen molar-refractivity contribution in [3.8, 4) is 22.9 Å². The molecule has 286 valence electrons. The van der Waals surface area contributed by atoms with Crippen LogP contribution in [0.1, 0.15) is 77.6 Å². The first-order chi connectivity index (χ1) is 25.4. The van der Waals surface area contributed by atoms with E-state index in [9.17, 15) is 19.2 Å². The average molecular weight is 737 g/mol. The predicted octanol–water partition coefficient (Wildman–Crippen LogP) is 5.23. The Kier molecular flexibility index (Phi) is 13.9. The van der Waals surface area contributed by atoms with E-state index >= 15 is 0 Å². The van der Waals surface area contributed by atoms with Gasteiger partial charge in [0.15, 0.2) is 0 Å². The molecular weight excluding hydrogens is 684 g/mol. The fraction of sp³-hybridized carbons (Fsp3) is 0.381. The Morgan fingerprint density at radius 3 is 1.22 bits per heavy atom. The number of nitrogens with zero attached hydrogens (tertiary/aromatic N) is 2. The zero-order valence-corrected chi connectivity index (χ0v) is 32.4. The number of amides is 4. The molecule has 0 aliphatic rings. The molecule has 0 aliphatic heterocycles. The van der Waals surface area contributed by atoms with Crippen molar-refractivity contribution in [2.24, 2.45) is 0 Å². The van der Waals surface area contributed by atoms with Gasteiger partial charge in [0, 0.05) is 52.2 Å². The van der Waals surface area contributed by atoms with Crippen molar-refractivity contribution in [2.75, 3.05) is 0 Å². The summed E-state index contributed by atoms with van der Waals surface area (Å²) in [5.74, 6) is 0.192. The Hall–Kier alpha value is -5.78. The maximum Gasteiger partial charge on any atom is 0.243 e. The quantitative estimate of drug-likeness (QED) is 0.129. The van der Waals surface area contributed by atoms with Gasteiger partial charge in [-0.1, -0.05) is 24.3 Å². The molecule has 12 heteroatoms. The molecule has 2 aromatic heterocycles. The van der Waals surface area contributed by atoms with Gasteiger partial charge in [-0.2, -0.15) is 0 Å². The van der Waals surface area contributed by atoms with Gasteiger partial charge >= 0.3 is 0 Å². The molecule has 2 heterocycles. The molecule has 2 aromatic carbocycles. The summed E-state index contributed by atoms with van der Waals surface area (Å²) in [5, 5.41) is 11.4. The number of ether oxygens (including phenoxy) is 2. The number of pyridine rings is 2. The third-order valence-electron chi connectivity index (χ3n) is 7.81. The summed E-state index contributed by atoms with van der Waals surface area (Å²) in [5.41, 5.74) is 3.83. The minimum Gasteiger partial charge on any atom is -0.488 e. The van der Waals surface area contributed by atoms with E-state index in [1.165, 1.54) is 13.8 Å². The number of carbonyl (C=O) groups is 4. The molecule has 54 heavy (non-hydrogen) atoms. The van der Waals surface area contributed by atoms with E-state index in [1.54, 1.807) is 24.5 Å². The normalized spacial score (nSPS) is 12.5. The van der Waals surface area contributed by atoms with Crippen LogP contribution in [-0.4, -0.2) is 56.9 Å². The highest BCUT2D eigenvalue weighted by Gasteiger charge is 2.22. The van der Waals surface area contributed by atoms with Crippen LogP contribution in [0.4, 0.5) is 0 Å². The smallest absolute Gasteiger partial charge is 0.243 e. The van der Waals surface area contributed by atoms with Gasteiger partial charge in [-0.05, 0) is 112 Å². The fourth-order valence-corrected chi connectivity index (χ4v) is 5.55. The second-order valence-corrected chi connectivity index (χ2v) is 15.2. The lowest BCUT2D eigenvalue weighted by molar-refractivity contribution is -0.128. The van der Waals surface area contributed by atoms with Crippen LogP contribution in [0.25, 0.3) is 11.4 Å². The summed E-state index contributed by atoms with van der Waals surface area (Å²) in [6, 6.07) is 20.7. The molecule has 4 N–H and O–H groups in total. The Bertz CT molecular complexity index is 1760. The maximum absolute atomic E-state index is 13.3. The van der Waals surface area contributed by atoms with Crippen molar-refractivity contribution in [2.45, 2.75) is 105 Å². The number of hydrogen-bond acceptors (Lipinski definition) is 8. The predicted molar refractivity (Wildman–Crippen MR) is 207 cm³/mol. The molecule has 2 atom stereocenters. The number of rotatable bonds is 15. The van der Waals surface area contributed by atoms with Crippen LogP contribution < -0.4 is 30.7 Å². The molecule has 4 aromatic rings. The van der Waals surface area contributed by atoms with Crippen LogP contribution in [0, 0.1) is 0 Å². The third-order valence-corrected chi connectivity index (χ3v) is 7.81. The van der Waals surface area contributed by atoms with Crippen molar-refractivity contribution in [1.29, 1.82) is 0 Å². The molecule has 0 unspecified atom stereocenters. The van der Waals surface area contributed by atoms with Gasteiger partial charge in [-0.3, -0.25) is 29.1 Å². The van der Waals surface area contributed by atoms with Gasteiger partial charge in [-0.15, -0.1) is 0 Å². The molecule has 12 nitrogen and oxygen atoms in total. The molecule has 0 fully saturated rings. The molecule has 0 bridgehead atoms. The van der Waals surface area contributed by atoms with Crippen molar-refractivity contribution in [1.82, 2.24) is 31.2 Å². The number of aromatic nitrogens is 2. The van der Waals surface area contributed by atoms with E-state index in [4.69, 9.17) is 9.47 Å². The molecular formula is C42H52N6O6. The summed E-state index contributed by atoms with van der Waals surface area (Å²) in [7, 11) is 0. The molecule has 0 radical (unpaired) electrons. The summed E-state index contributed by atoms with van der Waals surface area (Å²) < 4.78 is 11.8. The molecule has 0 saturated heterocycles. The fourth-order valence-electron chi connectivity index (χ4n) is 5.55. The van der Waals surface area contributed by atoms with Crippen LogP contribution in [0.5, 0.6) is 11.5 Å². The van der Waals surface area contributed by atoms with Crippen LogP contribution in [0.2, 0.25) is 0 Å². The summed E-state index contributed by atoms with van der Waals surface area (Å²) in [4.78, 5) is 59.4. The maximum atomic E-state index is 13.3. The summed E-state index contributed by atoms with van der Waals surface area (Å²) in [6.45, 7) is 15.0. The van der Waals surface area contributed by atoms with Gasteiger partial charge in [-0.25, -0.2) is 0 Å². The van der Waals surface area contributed by atoms with Gasteiger partial charge in [0.05, 0.1) is 11.4 Å². The molecule has 4 amide bonds. The van der Waals surface area contributed by atoms with E-state index in [1.807, 2.05) is 102 Å². The minimum atomic E-state index is -0.773. The highest BCUT2D eigenvalue weighted by Crippen LogP contribution is 2.21. The van der Waals surface area contributed by atoms with Crippen LogP contribution in [0.15, 0.2) is 85.2 Å². The Balaban J connectivity index is 1.36. The first-order valence-electron chi connectivity index (χ1n) is 18.0. The lowest BCUT2D eigenvalue weighted by atomic mass is 10.0. The lowest BCUT2D eigenvalue weighted by Crippen LogP contribution is -2.47. The van der Waals surface area contributed by atoms with Crippen molar-refractivity contribution >= 4 is 23.6 Å². The van der Waals surface area contributed by atoms with Crippen molar-refractivity contribution in [3.05, 3.63) is 107 Å². The third kappa shape index (κ3) is 14.0. The zero-order chi connectivity index (χ0) is 39.5. The highest BCUT2D eigenvalue weighted by molar-refractivity contribution is 5.87. The second-order valence-electron chi connectivity index (χ2n) is 15.2. The first kappa shape index (κ1) is 41.0. The van der Waals surface area contributed by atoms with Crippen LogP contribution in [-0.2, 0) is 45.1 Å². The van der Waals surface area contributed by atoms with Crippen molar-refractivity contribution < 1.29 is 28.7 Å². The van der Waals surface area contributed by atoms with E-state index in [0.29, 0.717) is 24.2 Å². The van der Waals surface area contributed by atoms with Gasteiger partial charge < -0.3 is 30.7 Å². The Morgan fingerprint density at radius 1 is 0.556 bits per heavy atom. The van der Waals surface area contributed by atoms with Gasteiger partial charge in [0.2, 0.25) is 23.6 Å². The van der Waals surface area contributed by atoms with E-state index in [2.05, 4.69) is 31.2 Å². The second kappa shape index (κ2) is 18.3. The Morgan fingerprint density at radius 2 is 0.907 bits per heavy atom. The van der Waals surface area contributed by atoms with E-state index in [-0.39, 0.29) is 47.9 Å². The topological polar surface area (TPSA) is 161 Å². The van der Waals surface area contributed by atoms with Crippen LogP contribution >= 0.6 is 0 Å². The van der Waals surface area contributed by atoms with E-state index in [0.717, 1.165) is 33.8 Å². The largest absolute Gasteiger partial charge is 0.488 e. The number of carbonyl (C=O) groups excluding carboxylic acids is 4. The highest BCUT2D eigenvalue weighted by atomic mass is 16.5. The average Bonchev–Trinajstić information content (AvgIpc) is 3.09. The Labute approximate surface area is 317 Å². The first-order valence-corrected chi connectivity index (χ1v) is 18.0. The standard InChI is InChI=1S/C42H52N6O6/c1-27(49)47-37(21-29-9-13-33(14-10-29)53-41(3,4)5)39(51)45-25-31-17-19-43-35(23-31)36-24-32(18-20-44-36)26-46-40(52)38(48-28(2)50)22-30-11-15-34(16-12-30)54-42(6,7)8/h9-20,23-24,37-38H,21-22,25-26H2,1-8H3,(H,45,51)(H,46,52)(H,47,49)(H,48,50)/t37-,38-/m0/s1. The molecule has 0 aliphatic carbocycles. The number of hydrogen-bond donors (Lipinski definition) is 4. The lowest BCUT2D eigenvalue weighted by Gasteiger charge is -2.22. The monoisotopic (exact) mass is 736 g/mol. The van der Waals surface area contributed by atoms with Gasteiger partial charge in [0.25, 0.3) is 0 Å². The number of nitrogens with one attached hydrogen (secondary N) is 4. The molecule has 0 saturated carbocycles. The SMILES string of the molecule is CC(=O)N[C@@H](Cc1ccc(OC(C)(C)C)cc1)C(=O)NCc1ccnc(-c2cc(CNC(=O)[C@H](Cc3ccc(OC(C)(C)C)cc3)NC(C)=O)ccn2)c1.